The molecule has 4 aliphatic heterocycles. The van der Waals surface area contributed by atoms with Crippen molar-refractivity contribution >= 4 is 75.9 Å². The van der Waals surface area contributed by atoms with Crippen LogP contribution in [-0.4, -0.2) is 207 Å². The van der Waals surface area contributed by atoms with Crippen molar-refractivity contribution in [3.05, 3.63) is 73.8 Å². The average Bonchev–Trinajstić information content (AvgIpc) is 1.59. The molecule has 3 atom stereocenters. The fraction of sp³-hybridized carbons (Fsp3) is 0.534. The van der Waals surface area contributed by atoms with E-state index < -0.39 is 115 Å². The predicted octanol–water partition coefficient (Wildman–Crippen LogP) is -2.87. The lowest BCUT2D eigenvalue weighted by Crippen LogP contribution is -2.50. The number of aryl methyl sites for hydroxylation is 1. The Hall–Kier alpha value is -8.58. The van der Waals surface area contributed by atoms with Crippen LogP contribution in [0.4, 0.5) is 4.39 Å². The van der Waals surface area contributed by atoms with Gasteiger partial charge in [0.15, 0.2) is 5.60 Å². The van der Waals surface area contributed by atoms with Gasteiger partial charge in [0.25, 0.3) is 17.4 Å². The number of nitrogens with one attached hydrogen (secondary N) is 7. The van der Waals surface area contributed by atoms with Gasteiger partial charge in [-0.25, -0.2) is 14.2 Å². The standard InChI is InChI=1S/C58H72FN11O18/c1-3-58(83)38-23-42-54-36(31-70(42)56(81)37(38)32-88-57(58)82)52-34(6-7-35-33(2)39(59)24-40(67-54)53(35)52)25-66-55(80)41-5-4-13-68(41)51(79)30-65-48(76)29-64-47(75)28-63-46(74)27-62-45(73)26-61-44(72)11-15-84-17-19-86-21-22-87-20-18-85-16-12-60-43(71)10-14-69-49(77)8-9-50(69)78/h8-9,23-24,34,41,83H,3-7,10-22,25-32H2,1-2H3,(H,60,71)(H,61,72)(H,62,73)(H,63,74)(H,64,75)(H,65,76)(H,66,80)/t34-,41+,58+/m0/s1. The third-order valence-electron chi connectivity index (χ3n) is 15.7. The van der Waals surface area contributed by atoms with Crippen LogP contribution in [-0.2, 0) is 102 Å². The Kier molecular flexibility index (Phi) is 22.6. The lowest BCUT2D eigenvalue weighted by atomic mass is 9.78. The van der Waals surface area contributed by atoms with Crippen molar-refractivity contribution in [2.75, 3.05) is 112 Å². The number of hydrogen-bond acceptors (Lipinski definition) is 19. The van der Waals surface area contributed by atoms with Gasteiger partial charge in [-0.3, -0.25) is 57.6 Å². The fourth-order valence-electron chi connectivity index (χ4n) is 11.0. The van der Waals surface area contributed by atoms with Gasteiger partial charge in [0, 0.05) is 79.7 Å². The third-order valence-corrected chi connectivity index (χ3v) is 15.7. The molecule has 1 aliphatic carbocycles. The molecule has 1 fully saturated rings. The highest BCUT2D eigenvalue weighted by atomic mass is 19.1. The van der Waals surface area contributed by atoms with E-state index in [4.69, 9.17) is 28.7 Å². The number of carbonyl (C=O) groups is 11. The number of carbonyl (C=O) groups excluding carboxylic acids is 11. The highest BCUT2D eigenvalue weighted by molar-refractivity contribution is 6.13. The molecule has 1 aromatic carbocycles. The van der Waals surface area contributed by atoms with Crippen LogP contribution in [0.25, 0.3) is 22.3 Å². The van der Waals surface area contributed by atoms with Gasteiger partial charge in [-0.2, -0.15) is 0 Å². The first-order chi connectivity index (χ1) is 42.3. The number of rotatable bonds is 32. The van der Waals surface area contributed by atoms with E-state index in [2.05, 4.69) is 37.2 Å². The van der Waals surface area contributed by atoms with Crippen molar-refractivity contribution in [2.45, 2.75) is 89.5 Å². The van der Waals surface area contributed by atoms with E-state index in [0.29, 0.717) is 66.9 Å². The first kappa shape index (κ1) is 65.4. The first-order valence-electron chi connectivity index (χ1n) is 29.1. The molecule has 10 amide bonds. The Labute approximate surface area is 503 Å². The Morgan fingerprint density at radius 1 is 0.705 bits per heavy atom. The van der Waals surface area contributed by atoms with Crippen LogP contribution in [0.3, 0.4) is 0 Å². The molecule has 2 aromatic heterocycles. The summed E-state index contributed by atoms with van der Waals surface area (Å²) in [6.45, 7) is 3.18. The molecule has 0 radical (unpaired) electrons. The van der Waals surface area contributed by atoms with E-state index in [-0.39, 0.29) is 121 Å². The molecular weight excluding hydrogens is 1160 g/mol. The largest absolute Gasteiger partial charge is 0.458 e. The van der Waals surface area contributed by atoms with E-state index in [1.807, 2.05) is 0 Å². The second kappa shape index (κ2) is 30.4. The van der Waals surface area contributed by atoms with Gasteiger partial charge in [0.1, 0.15) is 18.5 Å². The van der Waals surface area contributed by atoms with E-state index in [0.717, 1.165) is 33.6 Å². The topological polar surface area (TPSA) is 380 Å². The number of pyridine rings is 2. The van der Waals surface area contributed by atoms with Crippen molar-refractivity contribution in [3.63, 3.8) is 0 Å². The van der Waals surface area contributed by atoms with Gasteiger partial charge in [0.2, 0.25) is 47.3 Å². The van der Waals surface area contributed by atoms with Crippen molar-refractivity contribution in [1.29, 1.82) is 0 Å². The number of hydrogen-bond donors (Lipinski definition) is 8. The Morgan fingerprint density at radius 3 is 1.91 bits per heavy atom. The zero-order valence-electron chi connectivity index (χ0n) is 48.9. The quantitative estimate of drug-likeness (QED) is 0.0138. The first-order valence-corrected chi connectivity index (χ1v) is 29.1. The van der Waals surface area contributed by atoms with E-state index in [1.165, 1.54) is 15.5 Å². The minimum atomic E-state index is -2.04. The lowest BCUT2D eigenvalue weighted by molar-refractivity contribution is -0.172. The molecule has 8 rings (SSSR count). The van der Waals surface area contributed by atoms with Crippen molar-refractivity contribution < 1.29 is 85.9 Å². The third kappa shape index (κ3) is 15.9. The highest BCUT2D eigenvalue weighted by Gasteiger charge is 2.46. The minimum Gasteiger partial charge on any atom is -0.458 e. The average molecular weight is 1230 g/mol. The summed E-state index contributed by atoms with van der Waals surface area (Å²) in [5.41, 5.74) is 1.70. The number of aromatic nitrogens is 2. The summed E-state index contributed by atoms with van der Waals surface area (Å²) < 4.78 is 43.8. The van der Waals surface area contributed by atoms with Gasteiger partial charge < -0.3 is 75.5 Å². The van der Waals surface area contributed by atoms with Crippen LogP contribution < -0.4 is 42.8 Å². The Bertz CT molecular complexity index is 3320. The smallest absolute Gasteiger partial charge is 0.343 e. The second-order valence-corrected chi connectivity index (χ2v) is 21.4. The Morgan fingerprint density at radius 2 is 1.28 bits per heavy atom. The molecular formula is C58H72FN11O18. The summed E-state index contributed by atoms with van der Waals surface area (Å²) in [6.07, 6.45) is 4.09. The number of benzene rings is 1. The summed E-state index contributed by atoms with van der Waals surface area (Å²) >= 11 is 0. The molecule has 0 unspecified atom stereocenters. The number of imide groups is 1. The second-order valence-electron chi connectivity index (χ2n) is 21.4. The van der Waals surface area contributed by atoms with Crippen LogP contribution in [0.2, 0.25) is 0 Å². The normalized spacial score (nSPS) is 17.9. The van der Waals surface area contributed by atoms with Crippen molar-refractivity contribution in [3.8, 4) is 11.4 Å². The molecule has 8 N–H and O–H groups in total. The minimum absolute atomic E-state index is 0.00582. The molecule has 3 aromatic rings. The number of likely N-dealkylation sites (tertiary alicyclic amines) is 1. The van der Waals surface area contributed by atoms with E-state index >= 15 is 4.39 Å². The number of halogens is 1. The molecule has 1 saturated heterocycles. The monoisotopic (exact) mass is 1230 g/mol. The van der Waals surface area contributed by atoms with Gasteiger partial charge >= 0.3 is 5.97 Å². The summed E-state index contributed by atoms with van der Waals surface area (Å²) in [4.78, 5) is 158. The van der Waals surface area contributed by atoms with Crippen LogP contribution >= 0.6 is 0 Å². The molecule has 88 heavy (non-hydrogen) atoms. The van der Waals surface area contributed by atoms with Crippen LogP contribution in [0, 0.1) is 12.7 Å². The van der Waals surface area contributed by atoms with Gasteiger partial charge in [0.05, 0.1) is 115 Å². The van der Waals surface area contributed by atoms with Gasteiger partial charge in [-0.05, 0) is 61.8 Å². The van der Waals surface area contributed by atoms with Crippen molar-refractivity contribution in [1.82, 2.24) is 56.6 Å². The van der Waals surface area contributed by atoms with Crippen LogP contribution in [0.5, 0.6) is 0 Å². The van der Waals surface area contributed by atoms with Gasteiger partial charge in [-0.15, -0.1) is 0 Å². The number of fused-ring (bicyclic) bond motifs is 5. The van der Waals surface area contributed by atoms with Crippen LogP contribution in [0.1, 0.15) is 84.7 Å². The highest BCUT2D eigenvalue weighted by Crippen LogP contribution is 2.46. The molecule has 0 spiro atoms. The summed E-state index contributed by atoms with van der Waals surface area (Å²) in [5.74, 6) is -7.11. The zero-order valence-corrected chi connectivity index (χ0v) is 48.9. The number of nitrogens with zero attached hydrogens (tertiary/aromatic N) is 4. The number of amides is 10. The number of cyclic esters (lactones) is 1. The number of ether oxygens (including phenoxy) is 5. The predicted molar refractivity (Wildman–Crippen MR) is 304 cm³/mol. The molecule has 0 bridgehead atoms. The maximum absolute atomic E-state index is 15.5. The molecule has 0 saturated carbocycles. The molecule has 29 nitrogen and oxygen atoms in total. The molecule has 5 aliphatic rings. The fourth-order valence-corrected chi connectivity index (χ4v) is 11.0. The summed E-state index contributed by atoms with van der Waals surface area (Å²) in [7, 11) is 0. The summed E-state index contributed by atoms with van der Waals surface area (Å²) in [6, 6.07) is 2.09. The maximum atomic E-state index is 15.5. The van der Waals surface area contributed by atoms with E-state index in [9.17, 15) is 62.6 Å². The summed E-state index contributed by atoms with van der Waals surface area (Å²) in [5, 5.41) is 29.6. The van der Waals surface area contributed by atoms with E-state index in [1.54, 1.807) is 19.9 Å². The lowest BCUT2D eigenvalue weighted by Gasteiger charge is -2.31. The zero-order chi connectivity index (χ0) is 63.1. The van der Waals surface area contributed by atoms with Crippen molar-refractivity contribution in [2.24, 2.45) is 0 Å². The number of esters is 1. The SMILES string of the molecule is CC[C@]1(O)C(=O)OCc2c1cc1n(c2=O)Cc2c-1nc1cc(F)c(C)c3c1c2[C@H](CNC(=O)[C@H]1CCCN1C(=O)CNC(=O)CNC(=O)CNC(=O)CNC(=O)CNC(=O)CCOCCOCCOCCOCCNC(=O)CCN1C(=O)C=CC1=O)CC3. The maximum Gasteiger partial charge on any atom is 0.343 e. The van der Waals surface area contributed by atoms with Crippen LogP contribution in [0.15, 0.2) is 29.1 Å². The molecule has 474 valence electrons. The van der Waals surface area contributed by atoms with Gasteiger partial charge in [-0.1, -0.05) is 6.92 Å². The molecule has 30 heteroatoms. The molecule has 6 heterocycles. The number of aliphatic hydroxyl groups is 1. The Balaban J connectivity index is 0.655.